The molecule has 0 radical (unpaired) electrons. The number of nitrogens with one attached hydrogen (secondary N) is 1. The Morgan fingerprint density at radius 1 is 1.13 bits per heavy atom. The fraction of sp³-hybridized carbons (Fsp3) is 0.0909. The Balaban J connectivity index is 1.70. The number of nitrogens with zero attached hydrogens (tertiary/aromatic N) is 2. The van der Waals surface area contributed by atoms with Gasteiger partial charge in [-0.3, -0.25) is 14.9 Å². The fourth-order valence-electron chi connectivity index (χ4n) is 3.28. The SMILES string of the molecule is Cc1cc(C)c2oc(-c3cc(NC(=O)c4ccccc4[N+](=O)[O-])ccc3Cl)nc2c1. The van der Waals surface area contributed by atoms with Crippen LogP contribution < -0.4 is 5.32 Å². The molecule has 0 aliphatic rings. The zero-order valence-electron chi connectivity index (χ0n) is 16.1. The maximum absolute atomic E-state index is 12.6. The molecule has 4 aromatic rings. The predicted molar refractivity (Wildman–Crippen MR) is 115 cm³/mol. The van der Waals surface area contributed by atoms with Gasteiger partial charge in [0.1, 0.15) is 11.1 Å². The summed E-state index contributed by atoms with van der Waals surface area (Å²) in [6.07, 6.45) is 0. The zero-order valence-corrected chi connectivity index (χ0v) is 16.9. The third-order valence-electron chi connectivity index (χ3n) is 4.62. The van der Waals surface area contributed by atoms with E-state index in [-0.39, 0.29) is 11.3 Å². The predicted octanol–water partition coefficient (Wildman–Crippen LogP) is 5.93. The van der Waals surface area contributed by atoms with Gasteiger partial charge in [0.15, 0.2) is 5.58 Å². The van der Waals surface area contributed by atoms with Crippen LogP contribution in [0.3, 0.4) is 0 Å². The maximum atomic E-state index is 12.6. The van der Waals surface area contributed by atoms with Crippen LogP contribution in [0.25, 0.3) is 22.6 Å². The van der Waals surface area contributed by atoms with Crippen LogP contribution in [-0.4, -0.2) is 15.8 Å². The summed E-state index contributed by atoms with van der Waals surface area (Å²) >= 11 is 6.35. The Hall–Kier alpha value is -3.71. The number of fused-ring (bicyclic) bond motifs is 1. The van der Waals surface area contributed by atoms with E-state index in [1.54, 1.807) is 24.3 Å². The molecule has 150 valence electrons. The number of hydrogen-bond donors (Lipinski definition) is 1. The Labute approximate surface area is 176 Å². The van der Waals surface area contributed by atoms with E-state index in [1.807, 2.05) is 26.0 Å². The highest BCUT2D eigenvalue weighted by atomic mass is 35.5. The third-order valence-corrected chi connectivity index (χ3v) is 4.95. The second-order valence-electron chi connectivity index (χ2n) is 6.87. The first-order valence-electron chi connectivity index (χ1n) is 9.06. The molecule has 0 fully saturated rings. The summed E-state index contributed by atoms with van der Waals surface area (Å²) in [5, 5.41) is 14.3. The molecule has 1 N–H and O–H groups in total. The van der Waals surface area contributed by atoms with Gasteiger partial charge in [-0.05, 0) is 55.3 Å². The molecule has 0 aliphatic carbocycles. The van der Waals surface area contributed by atoms with Gasteiger partial charge >= 0.3 is 0 Å². The van der Waals surface area contributed by atoms with Gasteiger partial charge in [0, 0.05) is 11.8 Å². The number of oxazole rings is 1. The van der Waals surface area contributed by atoms with Gasteiger partial charge in [-0.2, -0.15) is 0 Å². The molecule has 0 atom stereocenters. The van der Waals surface area contributed by atoms with Gasteiger partial charge in [-0.25, -0.2) is 4.98 Å². The van der Waals surface area contributed by atoms with Crippen LogP contribution >= 0.6 is 11.6 Å². The van der Waals surface area contributed by atoms with Crippen LogP contribution in [0.15, 0.2) is 59.0 Å². The minimum Gasteiger partial charge on any atom is -0.436 e. The number of para-hydroxylation sites is 1. The molecular formula is C22H16ClN3O4. The average Bonchev–Trinajstić information content (AvgIpc) is 3.13. The zero-order chi connectivity index (χ0) is 21.4. The molecule has 1 heterocycles. The smallest absolute Gasteiger partial charge is 0.282 e. The van der Waals surface area contributed by atoms with Crippen molar-refractivity contribution in [3.8, 4) is 11.5 Å². The van der Waals surface area contributed by atoms with Crippen molar-refractivity contribution >= 4 is 40.0 Å². The van der Waals surface area contributed by atoms with Gasteiger partial charge in [-0.1, -0.05) is 29.8 Å². The van der Waals surface area contributed by atoms with Crippen LogP contribution in [0.1, 0.15) is 21.5 Å². The molecule has 1 amide bonds. The summed E-state index contributed by atoms with van der Waals surface area (Å²) in [6.45, 7) is 3.92. The highest BCUT2D eigenvalue weighted by molar-refractivity contribution is 6.33. The number of aryl methyl sites for hydroxylation is 2. The number of nitro benzene ring substituents is 1. The molecule has 0 aliphatic heterocycles. The van der Waals surface area contributed by atoms with Crippen molar-refractivity contribution in [2.75, 3.05) is 5.32 Å². The average molecular weight is 422 g/mol. The molecule has 30 heavy (non-hydrogen) atoms. The Morgan fingerprint density at radius 2 is 1.90 bits per heavy atom. The van der Waals surface area contributed by atoms with E-state index in [9.17, 15) is 14.9 Å². The Kier molecular flexibility index (Phi) is 4.97. The molecule has 7 nitrogen and oxygen atoms in total. The normalized spacial score (nSPS) is 10.9. The molecule has 0 unspecified atom stereocenters. The minimum atomic E-state index is -0.598. The third kappa shape index (κ3) is 3.62. The van der Waals surface area contributed by atoms with Crippen molar-refractivity contribution in [3.63, 3.8) is 0 Å². The van der Waals surface area contributed by atoms with Crippen molar-refractivity contribution in [1.82, 2.24) is 4.98 Å². The molecular weight excluding hydrogens is 406 g/mol. The molecule has 4 rings (SSSR count). The lowest BCUT2D eigenvalue weighted by molar-refractivity contribution is -0.385. The molecule has 1 aromatic heterocycles. The number of benzene rings is 3. The van der Waals surface area contributed by atoms with E-state index in [1.165, 1.54) is 18.2 Å². The summed E-state index contributed by atoms with van der Waals surface area (Å²) < 4.78 is 5.92. The molecule has 0 bridgehead atoms. The van der Waals surface area contributed by atoms with Gasteiger partial charge in [0.2, 0.25) is 5.89 Å². The van der Waals surface area contributed by atoms with E-state index in [2.05, 4.69) is 10.3 Å². The highest BCUT2D eigenvalue weighted by Gasteiger charge is 2.20. The van der Waals surface area contributed by atoms with Crippen molar-refractivity contribution in [1.29, 1.82) is 0 Å². The molecule has 0 saturated carbocycles. The number of nitro groups is 1. The number of hydrogen-bond acceptors (Lipinski definition) is 5. The largest absolute Gasteiger partial charge is 0.436 e. The lowest BCUT2D eigenvalue weighted by atomic mass is 10.1. The number of anilines is 1. The standard InChI is InChI=1S/C22H16ClN3O4/c1-12-9-13(2)20-18(10-12)25-22(30-20)16-11-14(7-8-17(16)23)24-21(27)15-5-3-4-6-19(15)26(28)29/h3-11H,1-2H3,(H,24,27). The van der Waals surface area contributed by atoms with Crippen molar-refractivity contribution in [2.24, 2.45) is 0 Å². The lowest BCUT2D eigenvalue weighted by Gasteiger charge is -2.08. The fourth-order valence-corrected chi connectivity index (χ4v) is 3.48. The Bertz CT molecular complexity index is 1310. The summed E-state index contributed by atoms with van der Waals surface area (Å²) in [7, 11) is 0. The van der Waals surface area contributed by atoms with Crippen molar-refractivity contribution in [3.05, 3.63) is 86.4 Å². The topological polar surface area (TPSA) is 98.3 Å². The van der Waals surface area contributed by atoms with Crippen LogP contribution in [0.2, 0.25) is 5.02 Å². The van der Waals surface area contributed by atoms with E-state index < -0.39 is 10.8 Å². The minimum absolute atomic E-state index is 0.0352. The Morgan fingerprint density at radius 3 is 2.67 bits per heavy atom. The number of rotatable bonds is 4. The van der Waals surface area contributed by atoms with Gasteiger partial charge in [0.05, 0.1) is 15.5 Å². The first-order chi connectivity index (χ1) is 14.3. The van der Waals surface area contributed by atoms with E-state index in [0.29, 0.717) is 33.3 Å². The number of aromatic nitrogens is 1. The summed E-state index contributed by atoms with van der Waals surface area (Å²) in [6, 6.07) is 14.5. The maximum Gasteiger partial charge on any atom is 0.282 e. The number of halogens is 1. The van der Waals surface area contributed by atoms with E-state index in [0.717, 1.165) is 11.1 Å². The van der Waals surface area contributed by atoms with Crippen LogP contribution in [0.4, 0.5) is 11.4 Å². The second kappa shape index (κ2) is 7.61. The van der Waals surface area contributed by atoms with Crippen LogP contribution in [-0.2, 0) is 0 Å². The number of carbonyl (C=O) groups excluding carboxylic acids is 1. The second-order valence-corrected chi connectivity index (χ2v) is 7.28. The summed E-state index contributed by atoms with van der Waals surface area (Å²) in [5.74, 6) is -0.273. The van der Waals surface area contributed by atoms with E-state index >= 15 is 0 Å². The summed E-state index contributed by atoms with van der Waals surface area (Å²) in [4.78, 5) is 27.7. The summed E-state index contributed by atoms with van der Waals surface area (Å²) in [5.41, 5.74) is 4.02. The quantitative estimate of drug-likeness (QED) is 0.325. The molecule has 3 aromatic carbocycles. The van der Waals surface area contributed by atoms with Gasteiger partial charge in [-0.15, -0.1) is 0 Å². The molecule has 0 saturated heterocycles. The van der Waals surface area contributed by atoms with Crippen LogP contribution in [0.5, 0.6) is 0 Å². The van der Waals surface area contributed by atoms with Crippen molar-refractivity contribution < 1.29 is 14.1 Å². The first-order valence-corrected chi connectivity index (χ1v) is 9.44. The van der Waals surface area contributed by atoms with Gasteiger partial charge in [0.25, 0.3) is 11.6 Å². The molecule has 0 spiro atoms. The monoisotopic (exact) mass is 421 g/mol. The number of carbonyl (C=O) groups is 1. The van der Waals surface area contributed by atoms with Crippen molar-refractivity contribution in [2.45, 2.75) is 13.8 Å². The highest BCUT2D eigenvalue weighted by Crippen LogP contribution is 2.34. The lowest BCUT2D eigenvalue weighted by Crippen LogP contribution is -2.13. The van der Waals surface area contributed by atoms with Gasteiger partial charge < -0.3 is 9.73 Å². The van der Waals surface area contributed by atoms with E-state index in [4.69, 9.17) is 16.0 Å². The first kappa shape index (κ1) is 19.6. The van der Waals surface area contributed by atoms with Crippen LogP contribution in [0, 0.1) is 24.0 Å². The number of amides is 1. The molecule has 8 heteroatoms.